The molecule has 3 nitrogen and oxygen atoms in total. The molecule has 2 rings (SSSR count). The molecule has 0 aliphatic carbocycles. The lowest BCUT2D eigenvalue weighted by Gasteiger charge is -2.39. The average Bonchev–Trinajstić information content (AvgIpc) is 2.23. The topological polar surface area (TPSA) is 38.3 Å². The number of benzene rings is 1. The Hall–Kier alpha value is -1.58. The van der Waals surface area contributed by atoms with E-state index in [4.69, 9.17) is 4.74 Å². The van der Waals surface area contributed by atoms with Gasteiger partial charge in [0.25, 0.3) is 0 Å². The van der Waals surface area contributed by atoms with Crippen LogP contribution in [-0.2, 0) is 4.74 Å². The van der Waals surface area contributed by atoms with Gasteiger partial charge in [-0.3, -0.25) is 0 Å². The smallest absolute Gasteiger partial charge is 0.407 e. The zero-order valence-corrected chi connectivity index (χ0v) is 10.2. The number of carbonyl (C=O) groups is 1. The van der Waals surface area contributed by atoms with Crippen LogP contribution in [0.4, 0.5) is 9.18 Å². The number of alkyl carbamates (subject to hydrolysis) is 1. The van der Waals surface area contributed by atoms with Gasteiger partial charge in [0.15, 0.2) is 0 Å². The van der Waals surface area contributed by atoms with E-state index in [2.05, 4.69) is 5.32 Å². The zero-order chi connectivity index (χ0) is 12.6. The van der Waals surface area contributed by atoms with Gasteiger partial charge in [-0.1, -0.05) is 19.9 Å². The van der Waals surface area contributed by atoms with Crippen LogP contribution in [0.15, 0.2) is 18.2 Å². The van der Waals surface area contributed by atoms with Crippen molar-refractivity contribution in [3.63, 3.8) is 0 Å². The van der Waals surface area contributed by atoms with Gasteiger partial charge < -0.3 is 10.1 Å². The van der Waals surface area contributed by atoms with Gasteiger partial charge in [0, 0.05) is 5.41 Å². The monoisotopic (exact) mass is 237 g/mol. The van der Waals surface area contributed by atoms with E-state index in [1.54, 1.807) is 6.07 Å². The highest BCUT2D eigenvalue weighted by molar-refractivity contribution is 5.69. The molecule has 0 unspecified atom stereocenters. The molecular weight excluding hydrogens is 221 g/mol. The normalized spacial score (nSPS) is 22.8. The third-order valence-electron chi connectivity index (χ3n) is 3.16. The minimum absolute atomic E-state index is 0.149. The summed E-state index contributed by atoms with van der Waals surface area (Å²) < 4.78 is 18.1. The number of hydrogen-bond donors (Lipinski definition) is 1. The molecule has 0 spiro atoms. The number of rotatable bonds is 1. The van der Waals surface area contributed by atoms with Crippen molar-refractivity contribution in [3.05, 3.63) is 35.1 Å². The third-order valence-corrected chi connectivity index (χ3v) is 3.16. The van der Waals surface area contributed by atoms with Gasteiger partial charge in [-0.2, -0.15) is 0 Å². The highest BCUT2D eigenvalue weighted by atomic mass is 19.1. The van der Waals surface area contributed by atoms with E-state index in [-0.39, 0.29) is 17.3 Å². The van der Waals surface area contributed by atoms with Crippen LogP contribution in [0.2, 0.25) is 0 Å². The molecule has 1 N–H and O–H groups in total. The summed E-state index contributed by atoms with van der Waals surface area (Å²) >= 11 is 0. The van der Waals surface area contributed by atoms with Gasteiger partial charge in [-0.15, -0.1) is 0 Å². The minimum atomic E-state index is -0.418. The summed E-state index contributed by atoms with van der Waals surface area (Å²) in [4.78, 5) is 11.3. The predicted molar refractivity (Wildman–Crippen MR) is 62.1 cm³/mol. The maximum Gasteiger partial charge on any atom is 0.407 e. The van der Waals surface area contributed by atoms with Crippen molar-refractivity contribution in [3.8, 4) is 0 Å². The van der Waals surface area contributed by atoms with Crippen molar-refractivity contribution in [1.82, 2.24) is 5.32 Å². The molecule has 1 aliphatic rings. The summed E-state index contributed by atoms with van der Waals surface area (Å²) in [5, 5.41) is 2.80. The van der Waals surface area contributed by atoms with E-state index in [0.29, 0.717) is 6.61 Å². The van der Waals surface area contributed by atoms with Crippen molar-refractivity contribution in [2.45, 2.75) is 26.8 Å². The van der Waals surface area contributed by atoms with Crippen LogP contribution in [0.25, 0.3) is 0 Å². The summed E-state index contributed by atoms with van der Waals surface area (Å²) in [6, 6.07) is 4.47. The van der Waals surface area contributed by atoms with Gasteiger partial charge in [0.2, 0.25) is 0 Å². The Bertz CT molecular complexity index is 457. The highest BCUT2D eigenvalue weighted by Gasteiger charge is 2.38. The van der Waals surface area contributed by atoms with Crippen molar-refractivity contribution in [1.29, 1.82) is 0 Å². The average molecular weight is 237 g/mol. The van der Waals surface area contributed by atoms with Crippen LogP contribution < -0.4 is 5.32 Å². The molecule has 1 aromatic rings. The van der Waals surface area contributed by atoms with Crippen molar-refractivity contribution >= 4 is 6.09 Å². The second kappa shape index (κ2) is 4.02. The Morgan fingerprint density at radius 3 is 2.82 bits per heavy atom. The molecule has 17 heavy (non-hydrogen) atoms. The number of carbonyl (C=O) groups excluding carboxylic acids is 1. The Morgan fingerprint density at radius 2 is 2.18 bits per heavy atom. The summed E-state index contributed by atoms with van der Waals surface area (Å²) in [5.74, 6) is -0.262. The molecule has 1 aromatic carbocycles. The Labute approximate surface area is 100.0 Å². The van der Waals surface area contributed by atoms with Crippen LogP contribution >= 0.6 is 0 Å². The molecular formula is C13H16FNO2. The number of cyclic esters (lactones) is 1. The number of halogens is 1. The molecule has 1 fully saturated rings. The Balaban J connectivity index is 2.39. The van der Waals surface area contributed by atoms with Crippen LogP contribution in [0.1, 0.15) is 31.0 Å². The fourth-order valence-electron chi connectivity index (χ4n) is 2.15. The maximum absolute atomic E-state index is 13.1. The van der Waals surface area contributed by atoms with Crippen LogP contribution in [0.3, 0.4) is 0 Å². The van der Waals surface area contributed by atoms with Crippen molar-refractivity contribution < 1.29 is 13.9 Å². The number of nitrogens with one attached hydrogen (secondary N) is 1. The molecule has 1 heterocycles. The summed E-state index contributed by atoms with van der Waals surface area (Å²) in [7, 11) is 0. The van der Waals surface area contributed by atoms with E-state index in [1.807, 2.05) is 20.8 Å². The standard InChI is InChI=1S/C13H16FNO2/c1-8-6-9(14)4-5-10(8)11-13(2,3)7-17-12(16)15-11/h4-6,11H,7H2,1-3H3,(H,15,16)/t11-/m1/s1. The maximum atomic E-state index is 13.1. The molecule has 92 valence electrons. The molecule has 0 aromatic heterocycles. The zero-order valence-electron chi connectivity index (χ0n) is 10.2. The quantitative estimate of drug-likeness (QED) is 0.815. The number of aryl methyl sites for hydroxylation is 1. The highest BCUT2D eigenvalue weighted by Crippen LogP contribution is 2.37. The van der Waals surface area contributed by atoms with Crippen molar-refractivity contribution in [2.24, 2.45) is 5.41 Å². The first-order chi connectivity index (χ1) is 7.90. The molecule has 1 saturated heterocycles. The van der Waals surface area contributed by atoms with E-state index in [0.717, 1.165) is 11.1 Å². The second-order valence-corrected chi connectivity index (χ2v) is 5.14. The SMILES string of the molecule is Cc1cc(F)ccc1[C@H]1NC(=O)OCC1(C)C. The second-order valence-electron chi connectivity index (χ2n) is 5.14. The van der Waals surface area contributed by atoms with Crippen LogP contribution in [0.5, 0.6) is 0 Å². The first-order valence-corrected chi connectivity index (χ1v) is 5.59. The summed E-state index contributed by atoms with van der Waals surface area (Å²) in [5.41, 5.74) is 1.56. The number of ether oxygens (including phenoxy) is 1. The molecule has 0 radical (unpaired) electrons. The largest absolute Gasteiger partial charge is 0.449 e. The van der Waals surface area contributed by atoms with Gasteiger partial charge in [-0.05, 0) is 30.2 Å². The molecule has 1 amide bonds. The fraction of sp³-hybridized carbons (Fsp3) is 0.462. The van der Waals surface area contributed by atoms with Gasteiger partial charge in [-0.25, -0.2) is 9.18 Å². The predicted octanol–water partition coefficient (Wildman–Crippen LogP) is 2.94. The van der Waals surface area contributed by atoms with Gasteiger partial charge in [0.05, 0.1) is 6.04 Å². The first kappa shape index (κ1) is 11.9. The molecule has 1 aliphatic heterocycles. The summed E-state index contributed by atoms with van der Waals surface area (Å²) in [6.45, 7) is 6.23. The number of amides is 1. The fourth-order valence-corrected chi connectivity index (χ4v) is 2.15. The third kappa shape index (κ3) is 2.25. The van der Waals surface area contributed by atoms with Crippen LogP contribution in [0, 0.1) is 18.2 Å². The van der Waals surface area contributed by atoms with E-state index in [1.165, 1.54) is 12.1 Å². The van der Waals surface area contributed by atoms with Crippen LogP contribution in [-0.4, -0.2) is 12.7 Å². The van der Waals surface area contributed by atoms with E-state index >= 15 is 0 Å². The van der Waals surface area contributed by atoms with E-state index < -0.39 is 6.09 Å². The molecule has 4 heteroatoms. The lowest BCUT2D eigenvalue weighted by Crippen LogP contribution is -2.47. The molecule has 0 bridgehead atoms. The van der Waals surface area contributed by atoms with Gasteiger partial charge >= 0.3 is 6.09 Å². The number of hydrogen-bond acceptors (Lipinski definition) is 2. The van der Waals surface area contributed by atoms with Gasteiger partial charge in [0.1, 0.15) is 12.4 Å². The lowest BCUT2D eigenvalue weighted by atomic mass is 9.79. The Morgan fingerprint density at radius 1 is 1.47 bits per heavy atom. The minimum Gasteiger partial charge on any atom is -0.449 e. The first-order valence-electron chi connectivity index (χ1n) is 5.59. The van der Waals surface area contributed by atoms with Crippen molar-refractivity contribution in [2.75, 3.05) is 6.61 Å². The molecule has 1 atom stereocenters. The summed E-state index contributed by atoms with van der Waals surface area (Å²) in [6.07, 6.45) is -0.418. The molecule has 0 saturated carbocycles. The lowest BCUT2D eigenvalue weighted by molar-refractivity contribution is 0.0385. The van der Waals surface area contributed by atoms with E-state index in [9.17, 15) is 9.18 Å². The Kier molecular flexibility index (Phi) is 2.81.